The van der Waals surface area contributed by atoms with E-state index in [1.165, 1.54) is 10.8 Å². The van der Waals surface area contributed by atoms with Crippen LogP contribution < -0.4 is 9.30 Å². The van der Waals surface area contributed by atoms with Crippen LogP contribution in [0.1, 0.15) is 0 Å². The van der Waals surface area contributed by atoms with E-state index in [1.54, 1.807) is 7.11 Å². The molecule has 2 nitrogen and oxygen atoms in total. The maximum atomic E-state index is 5.15. The zero-order chi connectivity index (χ0) is 9.26. The molecule has 0 amide bonds. The molecule has 2 rings (SSSR count). The summed E-state index contributed by atoms with van der Waals surface area (Å²) in [7, 11) is 3.70. The first kappa shape index (κ1) is 8.05. The van der Waals surface area contributed by atoms with E-state index in [0.29, 0.717) is 0 Å². The van der Waals surface area contributed by atoms with Crippen LogP contribution in [0.15, 0.2) is 36.7 Å². The van der Waals surface area contributed by atoms with Gasteiger partial charge in [0.25, 0.3) is 0 Å². The highest BCUT2D eigenvalue weighted by molar-refractivity contribution is 5.82. The number of hydrogen-bond acceptors (Lipinski definition) is 1. The van der Waals surface area contributed by atoms with Crippen LogP contribution in [0.4, 0.5) is 0 Å². The number of ether oxygens (including phenoxy) is 1. The normalized spacial score (nSPS) is 10.3. The van der Waals surface area contributed by atoms with Crippen molar-refractivity contribution < 1.29 is 9.30 Å². The summed E-state index contributed by atoms with van der Waals surface area (Å²) in [5.41, 5.74) is 0. The van der Waals surface area contributed by atoms with Crippen molar-refractivity contribution in [1.29, 1.82) is 0 Å². The predicted molar refractivity (Wildman–Crippen MR) is 51.7 cm³/mol. The number of aryl methyl sites for hydroxylation is 1. The third kappa shape index (κ3) is 1.47. The summed E-state index contributed by atoms with van der Waals surface area (Å²) in [4.78, 5) is 0. The van der Waals surface area contributed by atoms with Crippen LogP contribution in [0.25, 0.3) is 10.8 Å². The van der Waals surface area contributed by atoms with Crippen LogP contribution in [-0.2, 0) is 7.05 Å². The van der Waals surface area contributed by atoms with Gasteiger partial charge in [0.15, 0.2) is 12.4 Å². The molecule has 1 heterocycles. The third-order valence-electron chi connectivity index (χ3n) is 2.13. The van der Waals surface area contributed by atoms with E-state index in [1.807, 2.05) is 29.9 Å². The minimum atomic E-state index is 0.904. The number of hydrogen-bond donors (Lipinski definition) is 0. The number of nitrogens with zero attached hydrogens (tertiary/aromatic N) is 1. The molecular formula is C11H12NO+. The highest BCUT2D eigenvalue weighted by Gasteiger charge is 1.99. The van der Waals surface area contributed by atoms with Gasteiger partial charge in [-0.25, -0.2) is 4.57 Å². The number of aromatic nitrogens is 1. The van der Waals surface area contributed by atoms with Crippen molar-refractivity contribution in [2.75, 3.05) is 7.11 Å². The molecule has 0 atom stereocenters. The Morgan fingerprint density at radius 3 is 2.77 bits per heavy atom. The lowest BCUT2D eigenvalue weighted by atomic mass is 10.2. The Morgan fingerprint density at radius 1 is 1.15 bits per heavy atom. The lowest BCUT2D eigenvalue weighted by Crippen LogP contribution is -2.25. The maximum Gasteiger partial charge on any atom is 0.176 e. The molecule has 66 valence electrons. The number of pyridine rings is 1. The van der Waals surface area contributed by atoms with Gasteiger partial charge in [-0.2, -0.15) is 0 Å². The Bertz CT molecular complexity index is 437. The molecule has 13 heavy (non-hydrogen) atoms. The quantitative estimate of drug-likeness (QED) is 0.599. The SMILES string of the molecule is COc1ccc2c[n+](C)ccc2c1. The van der Waals surface area contributed by atoms with Gasteiger partial charge in [-0.1, -0.05) is 0 Å². The van der Waals surface area contributed by atoms with E-state index in [-0.39, 0.29) is 0 Å². The molecule has 0 spiro atoms. The number of benzene rings is 1. The molecule has 0 radical (unpaired) electrons. The molecule has 0 bridgehead atoms. The number of methoxy groups -OCH3 is 1. The van der Waals surface area contributed by atoms with Crippen molar-refractivity contribution >= 4 is 10.8 Å². The van der Waals surface area contributed by atoms with Gasteiger partial charge in [0, 0.05) is 11.5 Å². The van der Waals surface area contributed by atoms with Gasteiger partial charge in [0.05, 0.1) is 7.11 Å². The van der Waals surface area contributed by atoms with Crippen LogP contribution in [0, 0.1) is 0 Å². The highest BCUT2D eigenvalue weighted by atomic mass is 16.5. The lowest BCUT2D eigenvalue weighted by molar-refractivity contribution is -0.670. The molecule has 0 aliphatic rings. The summed E-state index contributed by atoms with van der Waals surface area (Å²) in [5, 5.41) is 2.43. The van der Waals surface area contributed by atoms with Gasteiger partial charge in [-0.05, 0) is 23.6 Å². The van der Waals surface area contributed by atoms with E-state index in [9.17, 15) is 0 Å². The van der Waals surface area contributed by atoms with Crippen molar-refractivity contribution in [2.45, 2.75) is 0 Å². The molecule has 0 unspecified atom stereocenters. The first-order chi connectivity index (χ1) is 6.29. The molecule has 0 fully saturated rings. The van der Waals surface area contributed by atoms with Gasteiger partial charge in [-0.15, -0.1) is 0 Å². The summed E-state index contributed by atoms with van der Waals surface area (Å²) in [6.45, 7) is 0. The van der Waals surface area contributed by atoms with Crippen LogP contribution in [0.2, 0.25) is 0 Å². The van der Waals surface area contributed by atoms with Crippen LogP contribution in [0.5, 0.6) is 5.75 Å². The molecule has 2 aromatic rings. The van der Waals surface area contributed by atoms with Gasteiger partial charge < -0.3 is 4.74 Å². The van der Waals surface area contributed by atoms with Crippen LogP contribution >= 0.6 is 0 Å². The second-order valence-corrected chi connectivity index (χ2v) is 3.11. The standard InChI is InChI=1S/C11H12NO/c1-12-6-5-9-7-11(13-2)4-3-10(9)8-12/h3-8H,1-2H3/q+1. The summed E-state index contributed by atoms with van der Waals surface area (Å²) in [5.74, 6) is 0.904. The van der Waals surface area contributed by atoms with Crippen LogP contribution in [-0.4, -0.2) is 7.11 Å². The topological polar surface area (TPSA) is 13.1 Å². The molecule has 0 aliphatic heterocycles. The van der Waals surface area contributed by atoms with E-state index in [0.717, 1.165) is 5.75 Å². The van der Waals surface area contributed by atoms with Gasteiger partial charge >= 0.3 is 0 Å². The first-order valence-electron chi connectivity index (χ1n) is 4.22. The Labute approximate surface area is 77.4 Å². The Balaban J connectivity index is 2.66. The number of fused-ring (bicyclic) bond motifs is 1. The summed E-state index contributed by atoms with van der Waals surface area (Å²) in [6, 6.07) is 8.16. The van der Waals surface area contributed by atoms with E-state index >= 15 is 0 Å². The molecule has 1 aromatic heterocycles. The second kappa shape index (κ2) is 3.05. The van der Waals surface area contributed by atoms with Crippen LogP contribution in [0.3, 0.4) is 0 Å². The largest absolute Gasteiger partial charge is 0.497 e. The fraction of sp³-hybridized carbons (Fsp3) is 0.182. The minimum Gasteiger partial charge on any atom is -0.497 e. The fourth-order valence-corrected chi connectivity index (χ4v) is 1.40. The average Bonchev–Trinajstić information content (AvgIpc) is 2.17. The Hall–Kier alpha value is -1.57. The zero-order valence-corrected chi connectivity index (χ0v) is 7.82. The van der Waals surface area contributed by atoms with Crippen molar-refractivity contribution in [3.05, 3.63) is 36.7 Å². The van der Waals surface area contributed by atoms with Crippen molar-refractivity contribution in [3.8, 4) is 5.75 Å². The van der Waals surface area contributed by atoms with E-state index in [4.69, 9.17) is 4.74 Å². The van der Waals surface area contributed by atoms with Crippen molar-refractivity contribution in [1.82, 2.24) is 0 Å². The monoisotopic (exact) mass is 174 g/mol. The molecule has 0 saturated carbocycles. The first-order valence-corrected chi connectivity index (χ1v) is 4.22. The van der Waals surface area contributed by atoms with Gasteiger partial charge in [0.1, 0.15) is 12.8 Å². The van der Waals surface area contributed by atoms with Crippen molar-refractivity contribution in [2.24, 2.45) is 7.05 Å². The summed E-state index contributed by atoms with van der Waals surface area (Å²) >= 11 is 0. The average molecular weight is 174 g/mol. The smallest absolute Gasteiger partial charge is 0.176 e. The molecular weight excluding hydrogens is 162 g/mol. The maximum absolute atomic E-state index is 5.15. The second-order valence-electron chi connectivity index (χ2n) is 3.11. The molecule has 1 aromatic carbocycles. The summed E-state index contributed by atoms with van der Waals surface area (Å²) in [6.07, 6.45) is 4.12. The highest BCUT2D eigenvalue weighted by Crippen LogP contribution is 2.18. The lowest BCUT2D eigenvalue weighted by Gasteiger charge is -2.00. The van der Waals surface area contributed by atoms with E-state index in [2.05, 4.69) is 18.3 Å². The zero-order valence-electron chi connectivity index (χ0n) is 7.82. The summed E-state index contributed by atoms with van der Waals surface area (Å²) < 4.78 is 7.18. The number of rotatable bonds is 1. The third-order valence-corrected chi connectivity index (χ3v) is 2.13. The van der Waals surface area contributed by atoms with Gasteiger partial charge in [0.2, 0.25) is 0 Å². The minimum absolute atomic E-state index is 0.904. The molecule has 0 aliphatic carbocycles. The van der Waals surface area contributed by atoms with E-state index < -0.39 is 0 Å². The molecule has 0 N–H and O–H groups in total. The van der Waals surface area contributed by atoms with Crippen molar-refractivity contribution in [3.63, 3.8) is 0 Å². The molecule has 0 saturated heterocycles. The fourth-order valence-electron chi connectivity index (χ4n) is 1.40. The Morgan fingerprint density at radius 2 is 2.00 bits per heavy atom. The predicted octanol–water partition coefficient (Wildman–Crippen LogP) is 1.67. The Kier molecular flexibility index (Phi) is 1.89. The van der Waals surface area contributed by atoms with Gasteiger partial charge in [-0.3, -0.25) is 0 Å². The molecule has 2 heteroatoms.